The van der Waals surface area contributed by atoms with E-state index in [-0.39, 0.29) is 0 Å². The summed E-state index contributed by atoms with van der Waals surface area (Å²) in [6.07, 6.45) is 2.05. The highest BCUT2D eigenvalue weighted by molar-refractivity contribution is 5.76. The second-order valence-electron chi connectivity index (χ2n) is 3.88. The van der Waals surface area contributed by atoms with Crippen LogP contribution in [0.15, 0.2) is 58.7 Å². The summed E-state index contributed by atoms with van der Waals surface area (Å²) >= 11 is 0. The minimum atomic E-state index is 0.944. The molecule has 0 saturated carbocycles. The van der Waals surface area contributed by atoms with E-state index in [1.54, 1.807) is 0 Å². The Bertz CT molecular complexity index is 532. The smallest absolute Gasteiger partial charge is 0.156 e. The first-order valence-electron chi connectivity index (χ1n) is 5.61. The number of rotatable bonds is 1. The van der Waals surface area contributed by atoms with Crippen LogP contribution in [0.25, 0.3) is 11.1 Å². The molecule has 0 heterocycles. The predicted octanol–water partition coefficient (Wildman–Crippen LogP) is 3.18. The third-order valence-electron chi connectivity index (χ3n) is 2.83. The number of nitrogens with one attached hydrogen (secondary N) is 1. The monoisotopic (exact) mass is 238 g/mol. The van der Waals surface area contributed by atoms with Crippen LogP contribution >= 0.6 is 0 Å². The first kappa shape index (κ1) is 12.0. The van der Waals surface area contributed by atoms with Crippen molar-refractivity contribution in [3.8, 4) is 11.1 Å². The van der Waals surface area contributed by atoms with Gasteiger partial charge in [0.1, 0.15) is 0 Å². The summed E-state index contributed by atoms with van der Waals surface area (Å²) in [5.74, 6) is 4.49. The first-order chi connectivity index (χ1) is 8.86. The molecule has 0 radical (unpaired) electrons. The molecule has 1 aliphatic carbocycles. The second-order valence-corrected chi connectivity index (χ2v) is 3.88. The molecule has 0 atom stereocenters. The molecule has 0 amide bonds. The lowest BCUT2D eigenvalue weighted by atomic mass is 10.1. The molecule has 0 spiro atoms. The third kappa shape index (κ3) is 2.43. The molecule has 0 fully saturated rings. The lowest BCUT2D eigenvalue weighted by Gasteiger charge is -1.98. The summed E-state index contributed by atoms with van der Waals surface area (Å²) in [6, 6.07) is 17.3. The topological polar surface area (TPSA) is 74.6 Å². The normalized spacial score (nSPS) is 11.3. The highest BCUT2D eigenvalue weighted by Crippen LogP contribution is 2.35. The molecule has 0 saturated heterocycles. The third-order valence-corrected chi connectivity index (χ3v) is 2.83. The van der Waals surface area contributed by atoms with Gasteiger partial charge in [0.15, 0.2) is 6.34 Å². The van der Waals surface area contributed by atoms with Crippen LogP contribution in [0.3, 0.4) is 0 Å². The Morgan fingerprint density at radius 3 is 1.83 bits per heavy atom. The molecule has 3 N–H and O–H groups in total. The van der Waals surface area contributed by atoms with E-state index in [9.17, 15) is 0 Å². The van der Waals surface area contributed by atoms with E-state index in [0.29, 0.717) is 0 Å². The molecule has 0 bridgehead atoms. The molecule has 3 rings (SSSR count). The van der Waals surface area contributed by atoms with Crippen molar-refractivity contribution in [3.05, 3.63) is 59.7 Å². The van der Waals surface area contributed by atoms with E-state index >= 15 is 0 Å². The van der Waals surface area contributed by atoms with Gasteiger partial charge >= 0.3 is 0 Å². The summed E-state index contributed by atoms with van der Waals surface area (Å²) in [7, 11) is 0. The minimum Gasteiger partial charge on any atom is -0.322 e. The summed E-state index contributed by atoms with van der Waals surface area (Å²) < 4.78 is 0. The second kappa shape index (κ2) is 5.72. The fourth-order valence-electron chi connectivity index (χ4n) is 2.11. The van der Waals surface area contributed by atoms with E-state index < -0.39 is 0 Å². The Morgan fingerprint density at radius 1 is 0.944 bits per heavy atom. The number of hydrogen-bond donors (Lipinski definition) is 2. The Morgan fingerprint density at radius 2 is 1.44 bits per heavy atom. The summed E-state index contributed by atoms with van der Waals surface area (Å²) in [4.78, 5) is 0. The highest BCUT2D eigenvalue weighted by Gasteiger charge is 2.15. The Kier molecular flexibility index (Phi) is 3.81. The van der Waals surface area contributed by atoms with Gasteiger partial charge in [-0.25, -0.2) is 5.53 Å². The van der Waals surface area contributed by atoms with Gasteiger partial charge in [0, 0.05) is 0 Å². The maximum atomic E-state index is 6.00. The summed E-state index contributed by atoms with van der Waals surface area (Å²) in [5.41, 5.74) is 11.8. The van der Waals surface area contributed by atoms with Crippen LogP contribution in [0.2, 0.25) is 0 Å². The Hall–Kier alpha value is -2.49. The molecular formula is C14H14N4. The van der Waals surface area contributed by atoms with Gasteiger partial charge in [-0.1, -0.05) is 48.5 Å². The molecule has 90 valence electrons. The van der Waals surface area contributed by atoms with Crippen molar-refractivity contribution in [2.75, 3.05) is 0 Å². The van der Waals surface area contributed by atoms with E-state index in [4.69, 9.17) is 5.53 Å². The average Bonchev–Trinajstić information content (AvgIpc) is 2.79. The van der Waals surface area contributed by atoms with Crippen LogP contribution in [0, 0.1) is 5.53 Å². The number of nitrogens with two attached hydrogens (primary N) is 1. The zero-order valence-corrected chi connectivity index (χ0v) is 9.88. The predicted molar refractivity (Wildman–Crippen MR) is 72.5 cm³/mol. The van der Waals surface area contributed by atoms with Gasteiger partial charge < -0.3 is 5.84 Å². The first-order valence-corrected chi connectivity index (χ1v) is 5.61. The van der Waals surface area contributed by atoms with Crippen molar-refractivity contribution < 1.29 is 0 Å². The molecule has 2 aromatic rings. The number of hydrazone groups is 1. The molecule has 18 heavy (non-hydrogen) atoms. The van der Waals surface area contributed by atoms with Gasteiger partial charge in [-0.15, -0.1) is 5.11 Å². The van der Waals surface area contributed by atoms with Crippen LogP contribution in [-0.4, -0.2) is 6.34 Å². The molecule has 0 unspecified atom stereocenters. The van der Waals surface area contributed by atoms with Crippen LogP contribution in [0.5, 0.6) is 0 Å². The summed E-state index contributed by atoms with van der Waals surface area (Å²) in [5, 5.41) is 5.56. The average molecular weight is 238 g/mol. The van der Waals surface area contributed by atoms with Gasteiger partial charge in [0.2, 0.25) is 0 Å². The summed E-state index contributed by atoms with van der Waals surface area (Å²) in [6.45, 7) is 0. The maximum absolute atomic E-state index is 6.00. The largest absolute Gasteiger partial charge is 0.322 e. The molecule has 4 nitrogen and oxygen atoms in total. The van der Waals surface area contributed by atoms with Gasteiger partial charge in [-0.3, -0.25) is 0 Å². The lowest BCUT2D eigenvalue weighted by Crippen LogP contribution is -1.77. The fraction of sp³-hybridized carbons (Fsp3) is 0.0714. The standard InChI is InChI=1S/C13H10.CH4N4/c1-3-7-12-10(5-1)9-11-6-2-4-8-13(11)12;2-4-1-5-3/h1-8H,9H2;1-2H,3H2. The van der Waals surface area contributed by atoms with Crippen LogP contribution in [-0.2, 0) is 6.42 Å². The number of nitrogens with zero attached hydrogens (tertiary/aromatic N) is 2. The fourth-order valence-corrected chi connectivity index (χ4v) is 2.11. The van der Waals surface area contributed by atoms with Crippen LogP contribution < -0.4 is 5.84 Å². The van der Waals surface area contributed by atoms with Crippen molar-refractivity contribution >= 4 is 6.34 Å². The van der Waals surface area contributed by atoms with E-state index in [1.807, 2.05) is 0 Å². The zero-order chi connectivity index (χ0) is 12.8. The van der Waals surface area contributed by atoms with Gasteiger partial charge in [-0.05, 0) is 28.7 Å². The minimum absolute atomic E-state index is 0.944. The Balaban J connectivity index is 0.000000209. The van der Waals surface area contributed by atoms with Gasteiger partial charge in [-0.2, -0.15) is 5.10 Å². The van der Waals surface area contributed by atoms with Crippen molar-refractivity contribution in [1.82, 2.24) is 0 Å². The maximum Gasteiger partial charge on any atom is 0.156 e. The molecule has 0 aromatic heterocycles. The molecule has 0 aliphatic heterocycles. The van der Waals surface area contributed by atoms with Crippen molar-refractivity contribution in [2.45, 2.75) is 6.42 Å². The van der Waals surface area contributed by atoms with E-state index in [1.165, 1.54) is 22.3 Å². The lowest BCUT2D eigenvalue weighted by molar-refractivity contribution is 1.17. The van der Waals surface area contributed by atoms with E-state index in [2.05, 4.69) is 64.6 Å². The molecule has 4 heteroatoms. The van der Waals surface area contributed by atoms with E-state index in [0.717, 1.165) is 12.8 Å². The number of hydrogen-bond acceptors (Lipinski definition) is 3. The van der Waals surface area contributed by atoms with Crippen molar-refractivity contribution in [2.24, 2.45) is 16.1 Å². The zero-order valence-electron chi connectivity index (χ0n) is 9.88. The number of benzene rings is 2. The Labute approximate surface area is 106 Å². The van der Waals surface area contributed by atoms with Gasteiger partial charge in [0.25, 0.3) is 0 Å². The van der Waals surface area contributed by atoms with Crippen LogP contribution in [0.1, 0.15) is 11.1 Å². The molecule has 2 aromatic carbocycles. The van der Waals surface area contributed by atoms with Crippen molar-refractivity contribution in [1.29, 1.82) is 5.53 Å². The van der Waals surface area contributed by atoms with Crippen LogP contribution in [0.4, 0.5) is 0 Å². The van der Waals surface area contributed by atoms with Gasteiger partial charge in [0.05, 0.1) is 0 Å². The highest BCUT2D eigenvalue weighted by atomic mass is 15.2. The molecule has 1 aliphatic rings. The molecular weight excluding hydrogens is 224 g/mol. The van der Waals surface area contributed by atoms with Crippen molar-refractivity contribution in [3.63, 3.8) is 0 Å². The SMILES string of the molecule is N=NC=NN.c1ccc2c(c1)Cc1ccccc1-2. The number of fused-ring (bicyclic) bond motifs is 3. The quantitative estimate of drug-likeness (QED) is 0.221.